The third kappa shape index (κ3) is 4.31. The Labute approximate surface area is 135 Å². The number of carbonyl (C=O) groups excluding carboxylic acids is 1. The number of rotatable bonds is 4. The number of methoxy groups -OCH3 is 1. The smallest absolute Gasteiger partial charge is 0.271 e. The molecule has 0 fully saturated rings. The third-order valence-electron chi connectivity index (χ3n) is 2.65. The third-order valence-corrected chi connectivity index (χ3v) is 3.38. The van der Waals surface area contributed by atoms with Crippen LogP contribution in [0.2, 0.25) is 5.02 Å². The van der Waals surface area contributed by atoms with E-state index in [4.69, 9.17) is 16.3 Å². The van der Waals surface area contributed by atoms with Gasteiger partial charge in [0.1, 0.15) is 5.75 Å². The molecule has 21 heavy (non-hydrogen) atoms. The zero-order valence-corrected chi connectivity index (χ0v) is 13.5. The molecule has 1 N–H and O–H groups in total. The van der Waals surface area contributed by atoms with E-state index in [0.717, 1.165) is 10.0 Å². The van der Waals surface area contributed by atoms with E-state index < -0.39 is 0 Å². The van der Waals surface area contributed by atoms with Gasteiger partial charge in [-0.3, -0.25) is 4.79 Å². The van der Waals surface area contributed by atoms with Crippen LogP contribution in [0, 0.1) is 0 Å². The Morgan fingerprint density at radius 3 is 2.86 bits per heavy atom. The van der Waals surface area contributed by atoms with Crippen molar-refractivity contribution >= 4 is 39.7 Å². The number of halogens is 2. The number of nitrogens with one attached hydrogen (secondary N) is 1. The minimum atomic E-state index is -0.331. The molecule has 0 bridgehead atoms. The van der Waals surface area contributed by atoms with E-state index in [2.05, 4.69) is 26.5 Å². The molecule has 0 heterocycles. The van der Waals surface area contributed by atoms with Crippen molar-refractivity contribution in [3.05, 3.63) is 63.1 Å². The molecule has 2 aromatic carbocycles. The molecule has 0 unspecified atom stereocenters. The Morgan fingerprint density at radius 2 is 2.14 bits per heavy atom. The van der Waals surface area contributed by atoms with Gasteiger partial charge in [0.25, 0.3) is 5.91 Å². The van der Waals surface area contributed by atoms with Gasteiger partial charge in [-0.05, 0) is 36.4 Å². The van der Waals surface area contributed by atoms with Crippen LogP contribution in [0.15, 0.2) is 52.0 Å². The molecule has 2 aromatic rings. The number of hydrazone groups is 1. The molecule has 2 rings (SSSR count). The van der Waals surface area contributed by atoms with E-state index >= 15 is 0 Å². The van der Waals surface area contributed by atoms with Crippen molar-refractivity contribution in [1.82, 2.24) is 5.43 Å². The summed E-state index contributed by atoms with van der Waals surface area (Å²) in [5.41, 5.74) is 3.64. The standard InChI is InChI=1S/C15H12BrClN2O2/c1-21-14-6-5-12(16)7-11(14)9-18-19-15(20)10-3-2-4-13(17)8-10/h2-9H,1H3,(H,19,20). The predicted molar refractivity (Wildman–Crippen MR) is 87.2 cm³/mol. The number of ether oxygens (including phenoxy) is 1. The van der Waals surface area contributed by atoms with Gasteiger partial charge in [0.05, 0.1) is 13.3 Å². The molecule has 108 valence electrons. The summed E-state index contributed by atoms with van der Waals surface area (Å²) < 4.78 is 6.11. The normalized spacial score (nSPS) is 10.6. The number of nitrogens with zero attached hydrogens (tertiary/aromatic N) is 1. The van der Waals surface area contributed by atoms with Gasteiger partial charge in [0.15, 0.2) is 0 Å². The molecule has 0 radical (unpaired) electrons. The largest absolute Gasteiger partial charge is 0.496 e. The lowest BCUT2D eigenvalue weighted by Crippen LogP contribution is -2.17. The molecule has 0 aliphatic rings. The molecule has 4 nitrogen and oxygen atoms in total. The highest BCUT2D eigenvalue weighted by molar-refractivity contribution is 9.10. The first kappa shape index (κ1) is 15.5. The Hall–Kier alpha value is -1.85. The van der Waals surface area contributed by atoms with Crippen LogP contribution < -0.4 is 10.2 Å². The van der Waals surface area contributed by atoms with Crippen molar-refractivity contribution in [1.29, 1.82) is 0 Å². The van der Waals surface area contributed by atoms with Gasteiger partial charge >= 0.3 is 0 Å². The van der Waals surface area contributed by atoms with E-state index in [0.29, 0.717) is 16.3 Å². The van der Waals surface area contributed by atoms with Crippen LogP contribution in [0.1, 0.15) is 15.9 Å². The van der Waals surface area contributed by atoms with Crippen LogP contribution in [-0.4, -0.2) is 19.2 Å². The highest BCUT2D eigenvalue weighted by Gasteiger charge is 2.05. The molecular weight excluding hydrogens is 356 g/mol. The van der Waals surface area contributed by atoms with E-state index in [1.807, 2.05) is 18.2 Å². The van der Waals surface area contributed by atoms with E-state index in [-0.39, 0.29) is 5.91 Å². The van der Waals surface area contributed by atoms with E-state index in [1.165, 1.54) is 6.21 Å². The van der Waals surface area contributed by atoms with Crippen LogP contribution in [-0.2, 0) is 0 Å². The predicted octanol–water partition coefficient (Wildman–Crippen LogP) is 3.88. The minimum absolute atomic E-state index is 0.331. The first-order valence-electron chi connectivity index (χ1n) is 6.02. The van der Waals surface area contributed by atoms with Gasteiger partial charge in [0, 0.05) is 20.6 Å². The Bertz CT molecular complexity index is 689. The molecule has 0 spiro atoms. The minimum Gasteiger partial charge on any atom is -0.496 e. The summed E-state index contributed by atoms with van der Waals surface area (Å²) in [6, 6.07) is 12.2. The second-order valence-corrected chi connectivity index (χ2v) is 5.45. The maximum atomic E-state index is 11.9. The summed E-state index contributed by atoms with van der Waals surface area (Å²) in [6.45, 7) is 0. The number of hydrogen-bond acceptors (Lipinski definition) is 3. The monoisotopic (exact) mass is 366 g/mol. The van der Waals surface area contributed by atoms with E-state index in [1.54, 1.807) is 31.4 Å². The molecular formula is C15H12BrClN2O2. The Kier molecular flexibility index (Phi) is 5.36. The maximum Gasteiger partial charge on any atom is 0.271 e. The molecule has 0 saturated heterocycles. The average molecular weight is 368 g/mol. The Balaban J connectivity index is 2.09. The van der Waals surface area contributed by atoms with Gasteiger partial charge in [-0.15, -0.1) is 0 Å². The molecule has 0 aliphatic carbocycles. The Morgan fingerprint density at radius 1 is 1.33 bits per heavy atom. The molecule has 6 heteroatoms. The fourth-order valence-corrected chi connectivity index (χ4v) is 2.23. The molecule has 0 atom stereocenters. The van der Waals surface area contributed by atoms with Crippen molar-refractivity contribution < 1.29 is 9.53 Å². The summed E-state index contributed by atoms with van der Waals surface area (Å²) >= 11 is 9.21. The summed E-state index contributed by atoms with van der Waals surface area (Å²) in [7, 11) is 1.57. The first-order valence-corrected chi connectivity index (χ1v) is 7.20. The van der Waals surface area contributed by atoms with Crippen molar-refractivity contribution in [2.75, 3.05) is 7.11 Å². The zero-order chi connectivity index (χ0) is 15.2. The number of hydrogen-bond donors (Lipinski definition) is 1. The summed E-state index contributed by atoms with van der Waals surface area (Å²) in [5.74, 6) is 0.335. The quantitative estimate of drug-likeness (QED) is 0.659. The first-order chi connectivity index (χ1) is 10.1. The van der Waals surface area contributed by atoms with Crippen LogP contribution in [0.4, 0.5) is 0 Å². The fourth-order valence-electron chi connectivity index (χ4n) is 1.66. The second kappa shape index (κ2) is 7.24. The molecule has 0 aliphatic heterocycles. The zero-order valence-electron chi connectivity index (χ0n) is 11.1. The highest BCUT2D eigenvalue weighted by atomic mass is 79.9. The van der Waals surface area contributed by atoms with Gasteiger partial charge in [-0.1, -0.05) is 33.6 Å². The van der Waals surface area contributed by atoms with Crippen LogP contribution >= 0.6 is 27.5 Å². The number of carbonyl (C=O) groups is 1. The average Bonchev–Trinajstić information content (AvgIpc) is 2.47. The van der Waals surface area contributed by atoms with Crippen molar-refractivity contribution in [3.63, 3.8) is 0 Å². The van der Waals surface area contributed by atoms with Crippen molar-refractivity contribution in [3.8, 4) is 5.75 Å². The van der Waals surface area contributed by atoms with Crippen LogP contribution in [0.25, 0.3) is 0 Å². The SMILES string of the molecule is COc1ccc(Br)cc1C=NNC(=O)c1cccc(Cl)c1. The van der Waals surface area contributed by atoms with Crippen molar-refractivity contribution in [2.24, 2.45) is 5.10 Å². The van der Waals surface area contributed by atoms with Crippen molar-refractivity contribution in [2.45, 2.75) is 0 Å². The summed E-state index contributed by atoms with van der Waals surface area (Å²) in [4.78, 5) is 11.9. The lowest BCUT2D eigenvalue weighted by Gasteiger charge is -2.04. The van der Waals surface area contributed by atoms with Gasteiger partial charge in [0.2, 0.25) is 0 Å². The fraction of sp³-hybridized carbons (Fsp3) is 0.0667. The molecule has 0 aromatic heterocycles. The van der Waals surface area contributed by atoms with Crippen LogP contribution in [0.3, 0.4) is 0 Å². The van der Waals surface area contributed by atoms with Crippen LogP contribution in [0.5, 0.6) is 5.75 Å². The lowest BCUT2D eigenvalue weighted by molar-refractivity contribution is 0.0955. The van der Waals surface area contributed by atoms with E-state index in [9.17, 15) is 4.79 Å². The summed E-state index contributed by atoms with van der Waals surface area (Å²) in [6.07, 6.45) is 1.52. The maximum absolute atomic E-state index is 11.9. The number of benzene rings is 2. The summed E-state index contributed by atoms with van der Waals surface area (Å²) in [5, 5.41) is 4.43. The highest BCUT2D eigenvalue weighted by Crippen LogP contribution is 2.21. The topological polar surface area (TPSA) is 50.7 Å². The number of amides is 1. The lowest BCUT2D eigenvalue weighted by atomic mass is 10.2. The molecule has 1 amide bonds. The van der Waals surface area contributed by atoms with Gasteiger partial charge < -0.3 is 4.74 Å². The molecule has 0 saturated carbocycles. The van der Waals surface area contributed by atoms with Gasteiger partial charge in [-0.25, -0.2) is 5.43 Å². The van der Waals surface area contributed by atoms with Gasteiger partial charge in [-0.2, -0.15) is 5.10 Å². The second-order valence-electron chi connectivity index (χ2n) is 4.10.